The SMILES string of the molecule is NC[C@@H]1C[C@H]1c1ncc(Br)s1. The van der Waals surface area contributed by atoms with Crippen LogP contribution < -0.4 is 5.73 Å². The average Bonchev–Trinajstić information content (AvgIpc) is 2.68. The van der Waals surface area contributed by atoms with Crippen molar-refractivity contribution >= 4 is 27.3 Å². The van der Waals surface area contributed by atoms with Gasteiger partial charge in [-0.3, -0.25) is 0 Å². The van der Waals surface area contributed by atoms with Gasteiger partial charge in [-0.2, -0.15) is 0 Å². The lowest BCUT2D eigenvalue weighted by Gasteiger charge is -1.88. The minimum Gasteiger partial charge on any atom is -0.330 e. The van der Waals surface area contributed by atoms with Crippen LogP contribution in [0.1, 0.15) is 17.3 Å². The summed E-state index contributed by atoms with van der Waals surface area (Å²) in [5.74, 6) is 1.37. The number of halogens is 1. The number of hydrogen-bond donors (Lipinski definition) is 1. The zero-order chi connectivity index (χ0) is 7.84. The first-order valence-electron chi connectivity index (χ1n) is 3.62. The van der Waals surface area contributed by atoms with E-state index in [4.69, 9.17) is 5.73 Å². The van der Waals surface area contributed by atoms with Crippen LogP contribution in [0.2, 0.25) is 0 Å². The second-order valence-electron chi connectivity index (χ2n) is 2.84. The van der Waals surface area contributed by atoms with Gasteiger partial charge < -0.3 is 5.73 Å². The predicted octanol–water partition coefficient (Wildman–Crippen LogP) is 1.97. The molecule has 0 radical (unpaired) electrons. The van der Waals surface area contributed by atoms with Crippen molar-refractivity contribution in [3.05, 3.63) is 15.0 Å². The van der Waals surface area contributed by atoms with Crippen LogP contribution in [0.5, 0.6) is 0 Å². The zero-order valence-corrected chi connectivity index (χ0v) is 8.36. The highest BCUT2D eigenvalue weighted by atomic mass is 79.9. The number of hydrogen-bond acceptors (Lipinski definition) is 3. The number of nitrogens with zero attached hydrogens (tertiary/aromatic N) is 1. The standard InChI is InChI=1S/C7H9BrN2S/c8-6-3-10-7(11-6)5-1-4(5)2-9/h3-5H,1-2,9H2/t4-,5+/m0/s1. The van der Waals surface area contributed by atoms with Crippen LogP contribution in [0.3, 0.4) is 0 Å². The molecule has 1 aliphatic carbocycles. The van der Waals surface area contributed by atoms with Crippen LogP contribution in [0.25, 0.3) is 0 Å². The first-order valence-corrected chi connectivity index (χ1v) is 5.23. The Bertz CT molecular complexity index is 261. The van der Waals surface area contributed by atoms with Crippen LogP contribution in [-0.4, -0.2) is 11.5 Å². The molecule has 0 saturated heterocycles. The Hall–Kier alpha value is 0.0700. The maximum Gasteiger partial charge on any atom is 0.0970 e. The molecule has 0 amide bonds. The Balaban J connectivity index is 2.08. The van der Waals surface area contributed by atoms with E-state index in [1.165, 1.54) is 11.4 Å². The fourth-order valence-electron chi connectivity index (χ4n) is 1.25. The molecule has 0 bridgehead atoms. The minimum atomic E-state index is 0.663. The molecule has 0 aromatic carbocycles. The summed E-state index contributed by atoms with van der Waals surface area (Å²) in [6, 6.07) is 0. The smallest absolute Gasteiger partial charge is 0.0970 e. The van der Waals surface area contributed by atoms with Crippen LogP contribution in [0.4, 0.5) is 0 Å². The van der Waals surface area contributed by atoms with Gasteiger partial charge in [-0.15, -0.1) is 11.3 Å². The van der Waals surface area contributed by atoms with Gasteiger partial charge >= 0.3 is 0 Å². The molecule has 1 heterocycles. The van der Waals surface area contributed by atoms with E-state index in [0.717, 1.165) is 10.3 Å². The van der Waals surface area contributed by atoms with Crippen LogP contribution >= 0.6 is 27.3 Å². The largest absolute Gasteiger partial charge is 0.330 e. The van der Waals surface area contributed by atoms with E-state index >= 15 is 0 Å². The van der Waals surface area contributed by atoms with Gasteiger partial charge in [-0.1, -0.05) is 0 Å². The highest BCUT2D eigenvalue weighted by Gasteiger charge is 2.39. The van der Waals surface area contributed by atoms with Crippen molar-refractivity contribution in [2.45, 2.75) is 12.3 Å². The van der Waals surface area contributed by atoms with E-state index in [1.54, 1.807) is 11.3 Å². The summed E-state index contributed by atoms with van der Waals surface area (Å²) in [6.45, 7) is 0.807. The maximum absolute atomic E-state index is 5.53. The summed E-state index contributed by atoms with van der Waals surface area (Å²) in [5, 5.41) is 1.24. The summed E-state index contributed by atoms with van der Waals surface area (Å²) < 4.78 is 1.12. The number of rotatable bonds is 2. The lowest BCUT2D eigenvalue weighted by atomic mass is 10.3. The summed E-state index contributed by atoms with van der Waals surface area (Å²) in [6.07, 6.45) is 3.10. The average molecular weight is 233 g/mol. The molecule has 2 atom stereocenters. The molecule has 60 valence electrons. The highest BCUT2D eigenvalue weighted by molar-refractivity contribution is 9.11. The van der Waals surface area contributed by atoms with Crippen molar-refractivity contribution in [3.63, 3.8) is 0 Å². The van der Waals surface area contributed by atoms with Gasteiger partial charge in [0.25, 0.3) is 0 Å². The van der Waals surface area contributed by atoms with Gasteiger partial charge in [0.2, 0.25) is 0 Å². The maximum atomic E-state index is 5.53. The molecule has 11 heavy (non-hydrogen) atoms. The first-order chi connectivity index (χ1) is 5.31. The Morgan fingerprint density at radius 2 is 2.64 bits per heavy atom. The Morgan fingerprint density at radius 1 is 1.82 bits per heavy atom. The third-order valence-electron chi connectivity index (χ3n) is 2.04. The molecule has 1 fully saturated rings. The molecule has 2 N–H and O–H groups in total. The van der Waals surface area contributed by atoms with Crippen LogP contribution in [0, 0.1) is 5.92 Å². The Labute approximate surface area is 78.0 Å². The normalized spacial score (nSPS) is 28.9. The monoisotopic (exact) mass is 232 g/mol. The molecular formula is C7H9BrN2S. The highest BCUT2D eigenvalue weighted by Crippen LogP contribution is 2.48. The molecule has 1 aliphatic rings. The molecule has 2 nitrogen and oxygen atoms in total. The molecule has 0 spiro atoms. The third-order valence-corrected chi connectivity index (χ3v) is 3.65. The van der Waals surface area contributed by atoms with Crippen molar-refractivity contribution in [2.75, 3.05) is 6.54 Å². The summed E-state index contributed by atoms with van der Waals surface area (Å²) in [5.41, 5.74) is 5.53. The lowest BCUT2D eigenvalue weighted by Crippen LogP contribution is -2.01. The van der Waals surface area contributed by atoms with E-state index in [0.29, 0.717) is 11.8 Å². The van der Waals surface area contributed by atoms with E-state index in [2.05, 4.69) is 20.9 Å². The van der Waals surface area contributed by atoms with Crippen molar-refractivity contribution < 1.29 is 0 Å². The summed E-state index contributed by atoms with van der Waals surface area (Å²) in [7, 11) is 0. The van der Waals surface area contributed by atoms with E-state index in [9.17, 15) is 0 Å². The van der Waals surface area contributed by atoms with Gasteiger partial charge in [0.15, 0.2) is 0 Å². The number of nitrogens with two attached hydrogens (primary N) is 1. The molecule has 0 aliphatic heterocycles. The van der Waals surface area contributed by atoms with Crippen LogP contribution in [-0.2, 0) is 0 Å². The Morgan fingerprint density at radius 3 is 3.09 bits per heavy atom. The fraction of sp³-hybridized carbons (Fsp3) is 0.571. The fourth-order valence-corrected chi connectivity index (χ4v) is 2.70. The molecule has 2 rings (SSSR count). The zero-order valence-electron chi connectivity index (χ0n) is 5.96. The van der Waals surface area contributed by atoms with Gasteiger partial charge in [0, 0.05) is 5.92 Å². The van der Waals surface area contributed by atoms with Gasteiger partial charge in [-0.25, -0.2) is 4.98 Å². The second-order valence-corrected chi connectivity index (χ2v) is 5.28. The molecule has 4 heteroatoms. The topological polar surface area (TPSA) is 38.9 Å². The number of thiazole rings is 1. The molecular weight excluding hydrogens is 224 g/mol. The van der Waals surface area contributed by atoms with E-state index < -0.39 is 0 Å². The first kappa shape index (κ1) is 7.71. The van der Waals surface area contributed by atoms with Gasteiger partial charge in [0.1, 0.15) is 0 Å². The van der Waals surface area contributed by atoms with E-state index in [-0.39, 0.29) is 0 Å². The van der Waals surface area contributed by atoms with Crippen molar-refractivity contribution in [3.8, 4) is 0 Å². The van der Waals surface area contributed by atoms with Crippen LogP contribution in [0.15, 0.2) is 9.98 Å². The van der Waals surface area contributed by atoms with Gasteiger partial charge in [0.05, 0.1) is 15.0 Å². The molecule has 1 aromatic rings. The van der Waals surface area contributed by atoms with Crippen molar-refractivity contribution in [1.29, 1.82) is 0 Å². The minimum absolute atomic E-state index is 0.663. The number of aromatic nitrogens is 1. The quantitative estimate of drug-likeness (QED) is 0.848. The molecule has 1 aromatic heterocycles. The predicted molar refractivity (Wildman–Crippen MR) is 49.7 cm³/mol. The van der Waals surface area contributed by atoms with Gasteiger partial charge in [-0.05, 0) is 34.8 Å². The second kappa shape index (κ2) is 2.84. The van der Waals surface area contributed by atoms with Crippen molar-refractivity contribution in [2.24, 2.45) is 11.7 Å². The summed E-state index contributed by atoms with van der Waals surface area (Å²) >= 11 is 5.12. The van der Waals surface area contributed by atoms with Crippen molar-refractivity contribution in [1.82, 2.24) is 4.98 Å². The summed E-state index contributed by atoms with van der Waals surface area (Å²) in [4.78, 5) is 4.29. The third kappa shape index (κ3) is 1.48. The Kier molecular flexibility index (Phi) is 1.99. The molecule has 1 saturated carbocycles. The lowest BCUT2D eigenvalue weighted by molar-refractivity contribution is 0.806. The van der Waals surface area contributed by atoms with E-state index in [1.807, 2.05) is 6.20 Å². The molecule has 0 unspecified atom stereocenters.